The monoisotopic (exact) mass is 591 g/mol. The van der Waals surface area contributed by atoms with E-state index in [9.17, 15) is 19.5 Å². The summed E-state index contributed by atoms with van der Waals surface area (Å²) in [6, 6.07) is 28.9. The average Bonchev–Trinajstić information content (AvgIpc) is 3.70. The number of hydrogen-bond acceptors (Lipinski definition) is 6. The molecule has 0 radical (unpaired) electrons. The summed E-state index contributed by atoms with van der Waals surface area (Å²) in [7, 11) is 0. The summed E-state index contributed by atoms with van der Waals surface area (Å²) >= 11 is 0. The van der Waals surface area contributed by atoms with E-state index in [4.69, 9.17) is 0 Å². The lowest BCUT2D eigenvalue weighted by molar-refractivity contribution is -0.135. The minimum absolute atomic E-state index is 0.0747. The number of hydrogen-bond donors (Lipinski definition) is 2. The van der Waals surface area contributed by atoms with Crippen molar-refractivity contribution in [3.63, 3.8) is 0 Å². The topological polar surface area (TPSA) is 126 Å². The fourth-order valence-electron chi connectivity index (χ4n) is 5.90. The Balaban J connectivity index is 1.19. The van der Waals surface area contributed by atoms with E-state index >= 15 is 0 Å². The number of aromatic nitrogens is 4. The second kappa shape index (κ2) is 12.5. The predicted molar refractivity (Wildman–Crippen MR) is 164 cm³/mol. The number of carbonyl (C=O) groups excluding carboxylic acids is 2. The lowest BCUT2D eigenvalue weighted by atomic mass is 9.96. The highest BCUT2D eigenvalue weighted by atomic mass is 16.4. The lowest BCUT2D eigenvalue weighted by Crippen LogP contribution is -2.55. The van der Waals surface area contributed by atoms with Crippen LogP contribution in [-0.2, 0) is 4.79 Å². The molecule has 0 unspecified atom stereocenters. The molecule has 6 rings (SSSR count). The van der Waals surface area contributed by atoms with Crippen molar-refractivity contribution in [1.29, 1.82) is 0 Å². The van der Waals surface area contributed by atoms with Crippen molar-refractivity contribution in [2.75, 3.05) is 26.2 Å². The number of para-hydroxylation sites is 1. The standard InChI is InChI=1S/C33H33N7O4/c1-2-26(35-31(41)28-21-25-15-9-10-16-27(25)39(28)40-29(33(43)44)22-34-36-40)32(42)38-19-17-37(18-20-38)30(23-11-5-3-6-12-23)24-13-7-4-8-14-24/h3-16,21-22,26,30H,2,17-20H2,1H3,(H,35,41)(H,43,44)/t26-/m0/s1. The number of benzene rings is 3. The number of carboxylic acid groups (broad SMARTS) is 1. The highest BCUT2D eigenvalue weighted by molar-refractivity contribution is 6.01. The van der Waals surface area contributed by atoms with Gasteiger partial charge in [-0.2, -0.15) is 0 Å². The van der Waals surface area contributed by atoms with Gasteiger partial charge in [0.15, 0.2) is 5.69 Å². The van der Waals surface area contributed by atoms with Crippen LogP contribution in [0, 0.1) is 0 Å². The number of piperazine rings is 1. The first-order chi connectivity index (χ1) is 21.5. The van der Waals surface area contributed by atoms with Crippen LogP contribution in [0.2, 0.25) is 0 Å². The van der Waals surface area contributed by atoms with Crippen molar-refractivity contribution in [2.45, 2.75) is 25.4 Å². The van der Waals surface area contributed by atoms with Crippen LogP contribution in [0.25, 0.3) is 10.9 Å². The summed E-state index contributed by atoms with van der Waals surface area (Å²) in [5.41, 5.74) is 2.92. The third-order valence-corrected chi connectivity index (χ3v) is 8.09. The summed E-state index contributed by atoms with van der Waals surface area (Å²) in [5.74, 6) is -1.90. The van der Waals surface area contributed by atoms with Crippen LogP contribution < -0.4 is 5.32 Å². The van der Waals surface area contributed by atoms with E-state index in [0.29, 0.717) is 43.5 Å². The normalized spacial score (nSPS) is 14.5. The summed E-state index contributed by atoms with van der Waals surface area (Å²) < 4.78 is 1.41. The summed E-state index contributed by atoms with van der Waals surface area (Å²) in [6.07, 6.45) is 1.52. The minimum atomic E-state index is -1.23. The SMILES string of the molecule is CC[C@H](NC(=O)c1cc2ccccc2n1-n1nncc1C(=O)O)C(=O)N1CCN(C(c2ccccc2)c2ccccc2)CC1. The van der Waals surface area contributed by atoms with Gasteiger partial charge in [0.05, 0.1) is 17.8 Å². The van der Waals surface area contributed by atoms with Crippen LogP contribution in [0.3, 0.4) is 0 Å². The van der Waals surface area contributed by atoms with Gasteiger partial charge < -0.3 is 15.3 Å². The molecule has 224 valence electrons. The van der Waals surface area contributed by atoms with Crippen molar-refractivity contribution in [3.8, 4) is 0 Å². The van der Waals surface area contributed by atoms with Gasteiger partial charge in [-0.15, -0.1) is 9.89 Å². The Hall–Kier alpha value is -5.29. The molecule has 3 aromatic carbocycles. The molecule has 2 amide bonds. The molecule has 0 saturated carbocycles. The third kappa shape index (κ3) is 5.57. The molecule has 2 aromatic heterocycles. The van der Waals surface area contributed by atoms with Crippen molar-refractivity contribution in [3.05, 3.63) is 120 Å². The van der Waals surface area contributed by atoms with E-state index in [2.05, 4.69) is 44.8 Å². The Labute approximate surface area is 254 Å². The van der Waals surface area contributed by atoms with Crippen molar-refractivity contribution in [1.82, 2.24) is 34.9 Å². The molecule has 0 bridgehead atoms. The number of carbonyl (C=O) groups is 3. The molecule has 0 spiro atoms. The molecule has 1 atom stereocenters. The Bertz CT molecular complexity index is 1740. The van der Waals surface area contributed by atoms with E-state index in [1.54, 1.807) is 18.2 Å². The minimum Gasteiger partial charge on any atom is -0.476 e. The summed E-state index contributed by atoms with van der Waals surface area (Å²) in [5, 5.41) is 21.0. The van der Waals surface area contributed by atoms with Crippen molar-refractivity contribution >= 4 is 28.7 Å². The van der Waals surface area contributed by atoms with Crippen LogP contribution in [-0.4, -0.2) is 84.7 Å². The Morgan fingerprint density at radius 1 is 0.841 bits per heavy atom. The smallest absolute Gasteiger partial charge is 0.358 e. The second-order valence-electron chi connectivity index (χ2n) is 10.7. The molecular weight excluding hydrogens is 558 g/mol. The van der Waals surface area contributed by atoms with Gasteiger partial charge in [-0.05, 0) is 34.9 Å². The maximum absolute atomic E-state index is 13.7. The maximum Gasteiger partial charge on any atom is 0.358 e. The van der Waals surface area contributed by atoms with Crippen LogP contribution >= 0.6 is 0 Å². The van der Waals surface area contributed by atoms with Crippen molar-refractivity contribution in [2.24, 2.45) is 0 Å². The van der Waals surface area contributed by atoms with Crippen LogP contribution in [0.5, 0.6) is 0 Å². The number of aromatic carboxylic acids is 1. The summed E-state index contributed by atoms with van der Waals surface area (Å²) in [6.45, 7) is 4.28. The van der Waals surface area contributed by atoms with Gasteiger partial charge in [0.25, 0.3) is 5.91 Å². The van der Waals surface area contributed by atoms with Gasteiger partial charge in [-0.3, -0.25) is 14.5 Å². The van der Waals surface area contributed by atoms with E-state index in [0.717, 1.165) is 11.0 Å². The lowest BCUT2D eigenvalue weighted by Gasteiger charge is -2.40. The van der Waals surface area contributed by atoms with Crippen LogP contribution in [0.1, 0.15) is 51.5 Å². The van der Waals surface area contributed by atoms with Gasteiger partial charge in [0.2, 0.25) is 5.91 Å². The Kier molecular flexibility index (Phi) is 8.20. The zero-order valence-electron chi connectivity index (χ0n) is 24.3. The van der Waals surface area contributed by atoms with Crippen LogP contribution in [0.15, 0.2) is 97.2 Å². The third-order valence-electron chi connectivity index (χ3n) is 8.09. The molecule has 1 saturated heterocycles. The highest BCUT2D eigenvalue weighted by Gasteiger charge is 2.32. The molecule has 5 aromatic rings. The highest BCUT2D eigenvalue weighted by Crippen LogP contribution is 2.29. The number of rotatable bonds is 9. The summed E-state index contributed by atoms with van der Waals surface area (Å²) in [4.78, 5) is 44.6. The van der Waals surface area contributed by atoms with Gasteiger partial charge >= 0.3 is 5.97 Å². The van der Waals surface area contributed by atoms with E-state index in [1.807, 2.05) is 60.4 Å². The molecule has 1 aliphatic heterocycles. The second-order valence-corrected chi connectivity index (χ2v) is 10.7. The first-order valence-electron chi connectivity index (χ1n) is 14.6. The molecule has 3 heterocycles. The fourth-order valence-corrected chi connectivity index (χ4v) is 5.90. The van der Waals surface area contributed by atoms with Crippen LogP contribution in [0.4, 0.5) is 0 Å². The number of amides is 2. The quantitative estimate of drug-likeness (QED) is 0.268. The molecule has 11 nitrogen and oxygen atoms in total. The zero-order valence-corrected chi connectivity index (χ0v) is 24.3. The van der Waals surface area contributed by atoms with Gasteiger partial charge in [0, 0.05) is 31.6 Å². The first-order valence-corrected chi connectivity index (χ1v) is 14.6. The van der Waals surface area contributed by atoms with Crippen molar-refractivity contribution < 1.29 is 19.5 Å². The Morgan fingerprint density at radius 3 is 2.07 bits per heavy atom. The average molecular weight is 592 g/mol. The largest absolute Gasteiger partial charge is 0.476 e. The number of nitrogens with zero attached hydrogens (tertiary/aromatic N) is 6. The number of carboxylic acids is 1. The molecule has 44 heavy (non-hydrogen) atoms. The van der Waals surface area contributed by atoms with Gasteiger partial charge in [-0.25, -0.2) is 9.47 Å². The number of fused-ring (bicyclic) bond motifs is 1. The fraction of sp³-hybridized carbons (Fsp3) is 0.242. The van der Waals surface area contributed by atoms with E-state index in [1.165, 1.54) is 15.8 Å². The molecule has 1 fully saturated rings. The van der Waals surface area contributed by atoms with E-state index < -0.39 is 17.9 Å². The Morgan fingerprint density at radius 2 is 1.45 bits per heavy atom. The van der Waals surface area contributed by atoms with Gasteiger partial charge in [0.1, 0.15) is 11.7 Å². The molecule has 11 heteroatoms. The number of nitrogens with one attached hydrogen (secondary N) is 1. The van der Waals surface area contributed by atoms with E-state index in [-0.39, 0.29) is 23.3 Å². The van der Waals surface area contributed by atoms with Gasteiger partial charge in [-0.1, -0.05) is 85.8 Å². The molecule has 0 aliphatic carbocycles. The molecular formula is C33H33N7O4. The first kappa shape index (κ1) is 28.8. The molecule has 2 N–H and O–H groups in total. The predicted octanol–water partition coefficient (Wildman–Crippen LogP) is 3.68. The molecule has 1 aliphatic rings. The zero-order chi connectivity index (χ0) is 30.6. The maximum atomic E-state index is 13.7.